The molecule has 1 aromatic rings. The van der Waals surface area contributed by atoms with E-state index < -0.39 is 0 Å². The second kappa shape index (κ2) is 6.84. The summed E-state index contributed by atoms with van der Waals surface area (Å²) in [5.41, 5.74) is 6.79. The predicted octanol–water partition coefficient (Wildman–Crippen LogP) is 2.53. The predicted molar refractivity (Wildman–Crippen MR) is 72.7 cm³/mol. The number of ether oxygens (including phenoxy) is 1. The number of aliphatic hydroxyl groups excluding tert-OH is 1. The van der Waals surface area contributed by atoms with Crippen molar-refractivity contribution in [2.24, 2.45) is 11.1 Å². The zero-order valence-electron chi connectivity index (χ0n) is 10.6. The fourth-order valence-corrected chi connectivity index (χ4v) is 1.51. The average Bonchev–Trinajstić information content (AvgIpc) is 2.29. The molecular formula is C13H22ClNO2. The molecule has 1 aromatic carbocycles. The molecule has 4 heteroatoms. The lowest BCUT2D eigenvalue weighted by molar-refractivity contribution is 0.132. The molecule has 17 heavy (non-hydrogen) atoms. The zero-order valence-corrected chi connectivity index (χ0v) is 11.5. The molecule has 0 radical (unpaired) electrons. The van der Waals surface area contributed by atoms with Gasteiger partial charge in [-0.3, -0.25) is 0 Å². The van der Waals surface area contributed by atoms with Gasteiger partial charge >= 0.3 is 0 Å². The Bertz CT molecular complexity index is 342. The van der Waals surface area contributed by atoms with Crippen LogP contribution in [0.3, 0.4) is 0 Å². The summed E-state index contributed by atoms with van der Waals surface area (Å²) in [4.78, 5) is 0. The first kappa shape index (κ1) is 16.2. The fraction of sp³-hybridized carbons (Fsp3) is 0.538. The number of benzene rings is 1. The molecule has 0 saturated carbocycles. The van der Waals surface area contributed by atoms with Crippen molar-refractivity contribution >= 4 is 12.4 Å². The van der Waals surface area contributed by atoms with Crippen molar-refractivity contribution in [2.45, 2.75) is 26.8 Å². The van der Waals surface area contributed by atoms with Crippen LogP contribution in [0.15, 0.2) is 24.3 Å². The highest BCUT2D eigenvalue weighted by Crippen LogP contribution is 2.31. The van der Waals surface area contributed by atoms with Gasteiger partial charge in [-0.25, -0.2) is 0 Å². The largest absolute Gasteiger partial charge is 0.494 e. The standard InChI is InChI=1S/C13H21NO2.ClH/c1-4-16-11-7-5-6-10(8-11)12(14)13(2,3)9-15;/h5-8,12,15H,4,9,14H2,1-3H3;1H/t12-;/m0./s1. The highest BCUT2D eigenvalue weighted by Gasteiger charge is 2.27. The van der Waals surface area contributed by atoms with Crippen molar-refractivity contribution in [1.82, 2.24) is 0 Å². The first-order chi connectivity index (χ1) is 7.51. The molecule has 0 unspecified atom stereocenters. The lowest BCUT2D eigenvalue weighted by Gasteiger charge is -2.29. The van der Waals surface area contributed by atoms with Gasteiger partial charge in [0.05, 0.1) is 6.61 Å². The van der Waals surface area contributed by atoms with Crippen LogP contribution in [0.1, 0.15) is 32.4 Å². The van der Waals surface area contributed by atoms with Crippen LogP contribution in [-0.4, -0.2) is 18.3 Å². The van der Waals surface area contributed by atoms with Crippen molar-refractivity contribution in [2.75, 3.05) is 13.2 Å². The molecule has 0 amide bonds. The lowest BCUT2D eigenvalue weighted by Crippen LogP contribution is -2.32. The topological polar surface area (TPSA) is 55.5 Å². The second-order valence-electron chi connectivity index (χ2n) is 4.63. The quantitative estimate of drug-likeness (QED) is 0.854. The van der Waals surface area contributed by atoms with Gasteiger partial charge in [-0.1, -0.05) is 26.0 Å². The highest BCUT2D eigenvalue weighted by atomic mass is 35.5. The van der Waals surface area contributed by atoms with Gasteiger partial charge in [0.2, 0.25) is 0 Å². The van der Waals surface area contributed by atoms with Gasteiger partial charge in [0, 0.05) is 18.1 Å². The van der Waals surface area contributed by atoms with Gasteiger partial charge in [-0.05, 0) is 24.6 Å². The summed E-state index contributed by atoms with van der Waals surface area (Å²) in [5.74, 6) is 0.823. The van der Waals surface area contributed by atoms with E-state index in [0.717, 1.165) is 11.3 Å². The number of aliphatic hydroxyl groups is 1. The van der Waals surface area contributed by atoms with E-state index in [4.69, 9.17) is 10.5 Å². The van der Waals surface area contributed by atoms with Crippen LogP contribution in [0.2, 0.25) is 0 Å². The summed E-state index contributed by atoms with van der Waals surface area (Å²) in [5, 5.41) is 9.29. The molecule has 1 atom stereocenters. The third-order valence-electron chi connectivity index (χ3n) is 2.78. The van der Waals surface area contributed by atoms with Crippen molar-refractivity contribution in [1.29, 1.82) is 0 Å². The summed E-state index contributed by atoms with van der Waals surface area (Å²) in [7, 11) is 0. The van der Waals surface area contributed by atoms with Crippen LogP contribution < -0.4 is 10.5 Å². The highest BCUT2D eigenvalue weighted by molar-refractivity contribution is 5.85. The summed E-state index contributed by atoms with van der Waals surface area (Å²) >= 11 is 0. The van der Waals surface area contributed by atoms with Gasteiger partial charge in [0.1, 0.15) is 5.75 Å². The Morgan fingerprint density at radius 2 is 2.06 bits per heavy atom. The Hall–Kier alpha value is -0.770. The first-order valence-corrected chi connectivity index (χ1v) is 5.60. The van der Waals surface area contributed by atoms with E-state index in [1.807, 2.05) is 45.0 Å². The van der Waals surface area contributed by atoms with E-state index >= 15 is 0 Å². The minimum Gasteiger partial charge on any atom is -0.494 e. The Balaban J connectivity index is 0.00000256. The van der Waals surface area contributed by atoms with Gasteiger partial charge in [0.15, 0.2) is 0 Å². The van der Waals surface area contributed by atoms with Crippen molar-refractivity contribution < 1.29 is 9.84 Å². The van der Waals surface area contributed by atoms with E-state index in [-0.39, 0.29) is 30.5 Å². The van der Waals surface area contributed by atoms with E-state index in [9.17, 15) is 5.11 Å². The third-order valence-corrected chi connectivity index (χ3v) is 2.78. The van der Waals surface area contributed by atoms with E-state index in [0.29, 0.717) is 6.61 Å². The minimum absolute atomic E-state index is 0. The molecule has 0 aliphatic heterocycles. The molecule has 3 N–H and O–H groups in total. The molecule has 0 aromatic heterocycles. The van der Waals surface area contributed by atoms with Crippen LogP contribution in [0.25, 0.3) is 0 Å². The molecular weight excluding hydrogens is 238 g/mol. The van der Waals surface area contributed by atoms with E-state index in [1.54, 1.807) is 0 Å². The SMILES string of the molecule is CCOc1cccc([C@H](N)C(C)(C)CO)c1.Cl. The van der Waals surface area contributed by atoms with Gasteiger partial charge in [0.25, 0.3) is 0 Å². The van der Waals surface area contributed by atoms with Crippen LogP contribution in [0, 0.1) is 5.41 Å². The molecule has 1 rings (SSSR count). The van der Waals surface area contributed by atoms with Crippen molar-refractivity contribution in [3.63, 3.8) is 0 Å². The maximum Gasteiger partial charge on any atom is 0.119 e. The van der Waals surface area contributed by atoms with Crippen molar-refractivity contribution in [3.05, 3.63) is 29.8 Å². The van der Waals surface area contributed by atoms with Gasteiger partial charge < -0.3 is 15.6 Å². The third kappa shape index (κ3) is 4.19. The Morgan fingerprint density at radius 1 is 1.41 bits per heavy atom. The Morgan fingerprint density at radius 3 is 2.59 bits per heavy atom. The number of rotatable bonds is 5. The second-order valence-corrected chi connectivity index (χ2v) is 4.63. The molecule has 0 saturated heterocycles. The minimum atomic E-state index is -0.329. The molecule has 0 spiro atoms. The normalized spacial score (nSPS) is 12.8. The molecule has 98 valence electrons. The molecule has 0 aliphatic rings. The van der Waals surface area contributed by atoms with E-state index in [2.05, 4.69) is 0 Å². The molecule has 3 nitrogen and oxygen atoms in total. The number of hydrogen-bond acceptors (Lipinski definition) is 3. The molecule has 0 bridgehead atoms. The molecule has 0 aliphatic carbocycles. The molecule has 0 heterocycles. The smallest absolute Gasteiger partial charge is 0.119 e. The summed E-state index contributed by atoms with van der Waals surface area (Å²) < 4.78 is 5.42. The Labute approximate surface area is 109 Å². The van der Waals surface area contributed by atoms with Gasteiger partial charge in [-0.15, -0.1) is 12.4 Å². The monoisotopic (exact) mass is 259 g/mol. The average molecular weight is 260 g/mol. The number of hydrogen-bond donors (Lipinski definition) is 2. The lowest BCUT2D eigenvalue weighted by atomic mass is 9.82. The van der Waals surface area contributed by atoms with Gasteiger partial charge in [-0.2, -0.15) is 0 Å². The van der Waals surface area contributed by atoms with Crippen molar-refractivity contribution in [3.8, 4) is 5.75 Å². The maximum atomic E-state index is 9.29. The van der Waals surface area contributed by atoms with Crippen LogP contribution in [-0.2, 0) is 0 Å². The van der Waals surface area contributed by atoms with Crippen LogP contribution in [0.4, 0.5) is 0 Å². The molecule has 0 fully saturated rings. The van der Waals surface area contributed by atoms with E-state index in [1.165, 1.54) is 0 Å². The summed E-state index contributed by atoms with van der Waals surface area (Å²) in [6, 6.07) is 7.54. The zero-order chi connectivity index (χ0) is 12.2. The maximum absolute atomic E-state index is 9.29. The first-order valence-electron chi connectivity index (χ1n) is 5.60. The summed E-state index contributed by atoms with van der Waals surface area (Å²) in [6.45, 7) is 6.55. The van der Waals surface area contributed by atoms with Crippen LogP contribution in [0.5, 0.6) is 5.75 Å². The number of halogens is 1. The number of nitrogens with two attached hydrogens (primary N) is 1. The van der Waals surface area contributed by atoms with Crippen LogP contribution >= 0.6 is 12.4 Å². The fourth-order valence-electron chi connectivity index (χ4n) is 1.51. The summed E-state index contributed by atoms with van der Waals surface area (Å²) in [6.07, 6.45) is 0. The Kier molecular flexibility index (Phi) is 6.53.